The molecule has 0 bridgehead atoms. The first-order valence-electron chi connectivity index (χ1n) is 6.00. The van der Waals surface area contributed by atoms with Crippen LogP contribution in [0.15, 0.2) is 18.2 Å². The molecule has 0 unspecified atom stereocenters. The van der Waals surface area contributed by atoms with Gasteiger partial charge < -0.3 is 9.84 Å². The normalized spacial score (nSPS) is 16.1. The number of Topliss-reactive ketones (excluding diaryl/α,β-unsaturated/α-hetero) is 1. The van der Waals surface area contributed by atoms with Gasteiger partial charge in [-0.1, -0.05) is 13.0 Å². The summed E-state index contributed by atoms with van der Waals surface area (Å²) in [5.41, 5.74) is 0.178. The van der Waals surface area contributed by atoms with E-state index in [0.29, 0.717) is 24.2 Å². The minimum absolute atomic E-state index is 0.331. The highest BCUT2D eigenvalue weighted by atomic mass is 16.5. The van der Waals surface area contributed by atoms with Gasteiger partial charge in [0.15, 0.2) is 5.78 Å². The van der Waals surface area contributed by atoms with E-state index in [1.165, 1.54) is 7.11 Å². The minimum atomic E-state index is -1.21. The summed E-state index contributed by atoms with van der Waals surface area (Å²) < 4.78 is 5.15. The van der Waals surface area contributed by atoms with Crippen LogP contribution in [0.2, 0.25) is 0 Å². The van der Waals surface area contributed by atoms with Crippen molar-refractivity contribution in [3.8, 4) is 5.75 Å². The Morgan fingerprint density at radius 1 is 1.39 bits per heavy atom. The van der Waals surface area contributed by atoms with E-state index in [-0.39, 0.29) is 5.78 Å². The Morgan fingerprint density at radius 2 is 2.06 bits per heavy atom. The van der Waals surface area contributed by atoms with Gasteiger partial charge in [0.05, 0.1) is 12.7 Å². The summed E-state index contributed by atoms with van der Waals surface area (Å²) >= 11 is 0. The van der Waals surface area contributed by atoms with Crippen LogP contribution < -0.4 is 4.74 Å². The third-order valence-electron chi connectivity index (χ3n) is 3.51. The summed E-state index contributed by atoms with van der Waals surface area (Å²) in [4.78, 5) is 23.5. The second-order valence-electron chi connectivity index (χ2n) is 4.60. The van der Waals surface area contributed by atoms with Crippen molar-refractivity contribution in [1.82, 2.24) is 0 Å². The van der Waals surface area contributed by atoms with Crippen molar-refractivity contribution in [3.63, 3.8) is 0 Å². The number of carbonyl (C=O) groups is 2. The van der Waals surface area contributed by atoms with E-state index in [9.17, 15) is 9.59 Å². The van der Waals surface area contributed by atoms with Crippen molar-refractivity contribution in [2.75, 3.05) is 7.11 Å². The number of hydrogen-bond acceptors (Lipinski definition) is 3. The maximum atomic E-state index is 12.4. The number of carboxylic acid groups (broad SMARTS) is 1. The molecule has 96 valence electrons. The van der Waals surface area contributed by atoms with E-state index in [4.69, 9.17) is 9.84 Å². The zero-order chi connectivity index (χ0) is 13.3. The number of methoxy groups -OCH3 is 1. The van der Waals surface area contributed by atoms with Crippen molar-refractivity contribution in [2.24, 2.45) is 5.41 Å². The van der Waals surface area contributed by atoms with Crippen molar-refractivity contribution in [2.45, 2.75) is 26.2 Å². The number of carboxylic acids is 1. The molecule has 0 saturated heterocycles. The first-order chi connectivity index (χ1) is 8.55. The summed E-state index contributed by atoms with van der Waals surface area (Å²) in [6.07, 6.45) is 1.63. The molecular weight excluding hydrogens is 232 g/mol. The number of hydrogen-bond donors (Lipinski definition) is 1. The highest BCUT2D eigenvalue weighted by Gasteiger charge is 2.57. The van der Waals surface area contributed by atoms with E-state index in [0.717, 1.165) is 12.0 Å². The molecule has 4 heteroatoms. The topological polar surface area (TPSA) is 63.6 Å². The molecule has 1 N–H and O–H groups in total. The van der Waals surface area contributed by atoms with Crippen LogP contribution >= 0.6 is 0 Å². The summed E-state index contributed by atoms with van der Waals surface area (Å²) in [5, 5.41) is 9.16. The predicted octanol–water partition coefficient (Wildman–Crippen LogP) is 2.31. The highest BCUT2D eigenvalue weighted by molar-refractivity contribution is 6.15. The molecule has 0 aliphatic heterocycles. The number of carbonyl (C=O) groups excluding carboxylic acids is 1. The second kappa shape index (κ2) is 4.44. The SMILES string of the molecule is CCc1ccc(OC)c(C(=O)C2(C(=O)O)CC2)c1. The van der Waals surface area contributed by atoms with Gasteiger partial charge in [-0.2, -0.15) is 0 Å². The first-order valence-corrected chi connectivity index (χ1v) is 6.00. The van der Waals surface area contributed by atoms with Crippen LogP contribution in [0.25, 0.3) is 0 Å². The lowest BCUT2D eigenvalue weighted by atomic mass is 9.92. The van der Waals surface area contributed by atoms with Gasteiger partial charge in [0.1, 0.15) is 11.2 Å². The fraction of sp³-hybridized carbons (Fsp3) is 0.429. The Kier molecular flexibility index (Phi) is 3.11. The van der Waals surface area contributed by atoms with Crippen LogP contribution in [0, 0.1) is 5.41 Å². The molecular formula is C14H16O4. The molecule has 0 spiro atoms. The van der Waals surface area contributed by atoms with E-state index in [1.807, 2.05) is 13.0 Å². The van der Waals surface area contributed by atoms with Crippen LogP contribution in [-0.4, -0.2) is 24.0 Å². The minimum Gasteiger partial charge on any atom is -0.496 e. The average molecular weight is 248 g/mol. The molecule has 18 heavy (non-hydrogen) atoms. The molecule has 0 radical (unpaired) electrons. The van der Waals surface area contributed by atoms with Crippen molar-refractivity contribution in [1.29, 1.82) is 0 Å². The maximum Gasteiger partial charge on any atom is 0.317 e. The molecule has 1 fully saturated rings. The van der Waals surface area contributed by atoms with Crippen LogP contribution in [0.4, 0.5) is 0 Å². The number of aryl methyl sites for hydroxylation is 1. The molecule has 2 rings (SSSR count). The van der Waals surface area contributed by atoms with E-state index in [2.05, 4.69) is 0 Å². The summed E-state index contributed by atoms with van der Waals surface area (Å²) in [7, 11) is 1.48. The fourth-order valence-corrected chi connectivity index (χ4v) is 2.07. The van der Waals surface area contributed by atoms with Crippen LogP contribution in [0.5, 0.6) is 5.75 Å². The summed E-state index contributed by atoms with van der Waals surface area (Å²) in [6.45, 7) is 1.99. The van der Waals surface area contributed by atoms with E-state index in [1.54, 1.807) is 12.1 Å². The zero-order valence-electron chi connectivity index (χ0n) is 10.5. The summed E-state index contributed by atoms with van der Waals surface area (Å²) in [5.74, 6) is -0.914. The molecule has 0 heterocycles. The molecule has 1 aromatic carbocycles. The third kappa shape index (κ3) is 1.88. The van der Waals surface area contributed by atoms with Gasteiger partial charge in [0.25, 0.3) is 0 Å². The standard InChI is InChI=1S/C14H16O4/c1-3-9-4-5-11(18-2)10(8-9)12(15)14(6-7-14)13(16)17/h4-5,8H,3,6-7H2,1-2H3,(H,16,17). The molecule has 1 aromatic rings. The summed E-state index contributed by atoms with van der Waals surface area (Å²) in [6, 6.07) is 5.35. The Labute approximate surface area is 106 Å². The Bertz CT molecular complexity index is 501. The Balaban J connectivity index is 2.43. The molecule has 0 aromatic heterocycles. The van der Waals surface area contributed by atoms with Gasteiger partial charge in [-0.15, -0.1) is 0 Å². The van der Waals surface area contributed by atoms with Crippen LogP contribution in [0.1, 0.15) is 35.7 Å². The molecule has 1 aliphatic rings. The number of benzene rings is 1. The van der Waals surface area contributed by atoms with Gasteiger partial charge in [-0.05, 0) is 37.0 Å². The molecule has 1 saturated carbocycles. The molecule has 0 amide bonds. The first kappa shape index (κ1) is 12.6. The van der Waals surface area contributed by atoms with Gasteiger partial charge in [-0.25, -0.2) is 0 Å². The van der Waals surface area contributed by atoms with Gasteiger partial charge >= 0.3 is 5.97 Å². The number of ketones is 1. The molecule has 4 nitrogen and oxygen atoms in total. The third-order valence-corrected chi connectivity index (χ3v) is 3.51. The lowest BCUT2D eigenvalue weighted by Gasteiger charge is -2.13. The monoisotopic (exact) mass is 248 g/mol. The van der Waals surface area contributed by atoms with Crippen LogP contribution in [0.3, 0.4) is 0 Å². The Morgan fingerprint density at radius 3 is 2.50 bits per heavy atom. The quantitative estimate of drug-likeness (QED) is 0.641. The predicted molar refractivity (Wildman–Crippen MR) is 66.0 cm³/mol. The lowest BCUT2D eigenvalue weighted by Crippen LogP contribution is -2.26. The Hall–Kier alpha value is -1.84. The maximum absolute atomic E-state index is 12.4. The largest absolute Gasteiger partial charge is 0.496 e. The van der Waals surface area contributed by atoms with Crippen molar-refractivity contribution >= 4 is 11.8 Å². The zero-order valence-corrected chi connectivity index (χ0v) is 10.5. The smallest absolute Gasteiger partial charge is 0.317 e. The average Bonchev–Trinajstić information content (AvgIpc) is 3.18. The van der Waals surface area contributed by atoms with E-state index >= 15 is 0 Å². The van der Waals surface area contributed by atoms with Crippen molar-refractivity contribution < 1.29 is 19.4 Å². The molecule has 1 aliphatic carbocycles. The van der Waals surface area contributed by atoms with Gasteiger partial charge in [0.2, 0.25) is 0 Å². The van der Waals surface area contributed by atoms with Crippen LogP contribution in [-0.2, 0) is 11.2 Å². The number of rotatable bonds is 5. The number of ether oxygens (including phenoxy) is 1. The fourth-order valence-electron chi connectivity index (χ4n) is 2.07. The number of aliphatic carboxylic acids is 1. The molecule has 0 atom stereocenters. The van der Waals surface area contributed by atoms with Crippen molar-refractivity contribution in [3.05, 3.63) is 29.3 Å². The van der Waals surface area contributed by atoms with E-state index < -0.39 is 11.4 Å². The highest BCUT2D eigenvalue weighted by Crippen LogP contribution is 2.49. The van der Waals surface area contributed by atoms with Gasteiger partial charge in [-0.3, -0.25) is 9.59 Å². The second-order valence-corrected chi connectivity index (χ2v) is 4.60. The lowest BCUT2D eigenvalue weighted by molar-refractivity contribution is -0.141. The van der Waals surface area contributed by atoms with Gasteiger partial charge in [0, 0.05) is 0 Å².